The van der Waals surface area contributed by atoms with E-state index in [2.05, 4.69) is 30.1 Å². The van der Waals surface area contributed by atoms with Crippen LogP contribution in [0.2, 0.25) is 0 Å². The zero-order valence-corrected chi connectivity index (χ0v) is 45.2. The highest BCUT2D eigenvalue weighted by Gasteiger charge is 2.60. The van der Waals surface area contributed by atoms with Crippen LogP contribution in [0.25, 0.3) is 11.3 Å². The predicted molar refractivity (Wildman–Crippen MR) is 268 cm³/mol. The molecule has 0 aliphatic carbocycles. The van der Waals surface area contributed by atoms with E-state index < -0.39 is 66.6 Å². The van der Waals surface area contributed by atoms with Crippen LogP contribution in [0.1, 0.15) is 39.9 Å². The molecule has 0 spiro atoms. The molecule has 8 atom stereocenters. The van der Waals surface area contributed by atoms with E-state index in [1.807, 2.05) is 53.5 Å². The number of thiazole rings is 1. The normalized spacial score (nSPS) is 23.3. The number of oxime groups is 1. The second-order valence-corrected chi connectivity index (χ2v) is 23.4. The number of aliphatic carboxylic acids is 3. The number of pyridine rings is 1. The Bertz CT molecular complexity index is 2800. The number of aliphatic hydroxyl groups excluding tert-OH is 1. The van der Waals surface area contributed by atoms with Crippen molar-refractivity contribution in [2.45, 2.75) is 73.3 Å². The summed E-state index contributed by atoms with van der Waals surface area (Å²) >= 11 is 5.75. The molecule has 74 heavy (non-hydrogen) atoms. The van der Waals surface area contributed by atoms with Crippen molar-refractivity contribution in [2.24, 2.45) is 24.0 Å². The van der Waals surface area contributed by atoms with E-state index in [4.69, 9.17) is 24.5 Å². The van der Waals surface area contributed by atoms with Crippen LogP contribution in [0.3, 0.4) is 0 Å². The smallest absolute Gasteiger partial charge is 0.429 e. The first kappa shape index (κ1) is 59.3. The summed E-state index contributed by atoms with van der Waals surface area (Å²) in [6.45, 7) is 6.85. The first-order valence-electron chi connectivity index (χ1n) is 21.8. The van der Waals surface area contributed by atoms with Gasteiger partial charge in [0.05, 0.1) is 41.5 Å². The molecule has 8 rings (SSSR count). The van der Waals surface area contributed by atoms with Crippen LogP contribution in [0.15, 0.2) is 60.6 Å². The number of aliphatic hydroxyl groups is 1. The lowest BCUT2D eigenvalue weighted by Gasteiger charge is -2.50. The average Bonchev–Trinajstić information content (AvgIpc) is 4.12. The summed E-state index contributed by atoms with van der Waals surface area (Å²) in [6.07, 6.45) is 3.59. The number of rotatable bonds is 16. The molecule has 27 nitrogen and oxygen atoms in total. The summed E-state index contributed by atoms with van der Waals surface area (Å²) in [5.74, 6) is -6.16. The lowest BCUT2D eigenvalue weighted by atomic mass is 9.79. The van der Waals surface area contributed by atoms with Crippen LogP contribution >= 0.6 is 65.9 Å². The summed E-state index contributed by atoms with van der Waals surface area (Å²) in [5.41, 5.74) is 0.945. The maximum absolute atomic E-state index is 13.1. The SMILES string of the molecule is CC(=O)O.CCO/N=C(\C(=O)N[C@@H]1C(=O)N2C(C(=O)[O-])=C(Sc3nc(-c4cc[n+](C)cc4)cs3)CS[C@H]12)c1nsc(NP(=O)(O)O)n1.C[C@@H](O)[C@H]1C(=O)N2C(C(=O)O)=C(S[C@@H]3CN[C@H](C(=O)N(C)C)C3)[C@H](C)[C@H]12.O. The topological polar surface area (TPSA) is 402 Å². The molecule has 33 heteroatoms. The Morgan fingerprint density at radius 2 is 1.77 bits per heavy atom. The van der Waals surface area contributed by atoms with E-state index in [0.717, 1.165) is 34.8 Å². The number of hydrogen-bond donors (Lipinski definition) is 8. The van der Waals surface area contributed by atoms with Gasteiger partial charge < -0.3 is 65.8 Å². The Labute approximate surface area is 442 Å². The standard InChI is InChI=1S/C22H21N8O8PS4.C17H25N3O5S.C2H4O2.H2O/c1-3-38-26-13(16-25-21(43-28-16)27-39(35,36)37)17(31)24-14-18(32)30-15(20(33)34)12(9-40-19(14)30)42-22-23-11(8-41-22)10-4-6-29(2)7-5-10;1-7-12-11(8(2)21)16(23)20(12)13(17(24)25)14(7)26-9-5-10(18-6-9)15(22)19(3)4;1-2(3)4;/h4-8,14,19H,3,9H2,1-2H3,(H4-,24,25,27,28,31,33,34,35,36,37);7-12,18,21H,5-6H2,1-4H3,(H,24,25);1H3,(H,3,4);1H2/b26-13-;;;/t14-,19-;7-,8-,9+,10+,11-,12-;;/m11../s1. The lowest BCUT2D eigenvalue weighted by molar-refractivity contribution is -0.671. The first-order chi connectivity index (χ1) is 34.3. The fourth-order valence-electron chi connectivity index (χ4n) is 8.04. The number of aromatic nitrogens is 4. The Kier molecular flexibility index (Phi) is 19.9. The van der Waals surface area contributed by atoms with Gasteiger partial charge in [0.25, 0.3) is 17.8 Å². The molecule has 402 valence electrons. The monoisotopic (exact) mass is 1150 g/mol. The molecular weight excluding hydrogens is 1090 g/mol. The van der Waals surface area contributed by atoms with E-state index >= 15 is 0 Å². The number of carboxylic acid groups (broad SMARTS) is 3. The van der Waals surface area contributed by atoms with Crippen LogP contribution in [-0.4, -0.2) is 175 Å². The molecule has 0 radical (unpaired) electrons. The largest absolute Gasteiger partial charge is 0.543 e. The number of nitrogens with zero attached hydrogens (tertiary/aromatic N) is 8. The molecule has 3 aromatic heterocycles. The quantitative estimate of drug-likeness (QED) is 0.0276. The number of carboxylic acids is 3. The van der Waals surface area contributed by atoms with Gasteiger partial charge in [-0.05, 0) is 20.3 Å². The van der Waals surface area contributed by atoms with Crippen LogP contribution in [-0.2, 0) is 50.0 Å². The highest BCUT2D eigenvalue weighted by molar-refractivity contribution is 8.07. The van der Waals surface area contributed by atoms with Crippen molar-refractivity contribution >= 4 is 118 Å². The van der Waals surface area contributed by atoms with Crippen LogP contribution in [0.4, 0.5) is 5.13 Å². The Balaban J connectivity index is 0.000000279. The van der Waals surface area contributed by atoms with Crippen molar-refractivity contribution < 1.29 is 83.2 Å². The third kappa shape index (κ3) is 13.5. The zero-order valence-electron chi connectivity index (χ0n) is 40.2. The highest BCUT2D eigenvalue weighted by atomic mass is 32.2. The van der Waals surface area contributed by atoms with E-state index in [0.29, 0.717) is 38.6 Å². The molecule has 0 aromatic carbocycles. The molecule has 3 saturated heterocycles. The maximum atomic E-state index is 13.1. The van der Waals surface area contributed by atoms with Crippen LogP contribution in [0, 0.1) is 11.8 Å². The molecule has 5 aliphatic rings. The van der Waals surface area contributed by atoms with Gasteiger partial charge in [0.15, 0.2) is 16.7 Å². The van der Waals surface area contributed by atoms with Gasteiger partial charge in [0, 0.05) is 88.9 Å². The van der Waals surface area contributed by atoms with Crippen molar-refractivity contribution in [1.82, 2.24) is 39.7 Å². The van der Waals surface area contributed by atoms with Gasteiger partial charge in [-0.1, -0.05) is 23.8 Å². The summed E-state index contributed by atoms with van der Waals surface area (Å²) in [4.78, 5) is 120. The van der Waals surface area contributed by atoms with Gasteiger partial charge in [0.2, 0.25) is 28.5 Å². The molecule has 8 heterocycles. The second-order valence-electron chi connectivity index (χ2n) is 16.7. The number of anilines is 1. The highest BCUT2D eigenvalue weighted by Crippen LogP contribution is 2.52. The summed E-state index contributed by atoms with van der Waals surface area (Å²) in [7, 11) is 0.642. The average molecular weight is 1150 g/mol. The van der Waals surface area contributed by atoms with Crippen LogP contribution in [0.5, 0.6) is 0 Å². The van der Waals surface area contributed by atoms with E-state index in [-0.39, 0.29) is 75.3 Å². The lowest BCUT2D eigenvalue weighted by Crippen LogP contribution is -2.71. The number of β-lactam (4-membered cyclic amide) rings is 2. The number of amides is 4. The van der Waals surface area contributed by atoms with E-state index in [9.17, 15) is 48.7 Å². The number of fused-ring (bicyclic) bond motifs is 2. The minimum absolute atomic E-state index is 0. The molecule has 3 aromatic rings. The zero-order chi connectivity index (χ0) is 53.8. The van der Waals surface area contributed by atoms with Gasteiger partial charge in [-0.2, -0.15) is 9.36 Å². The fourth-order valence-corrected chi connectivity index (χ4v) is 14.2. The number of carbonyl (C=O) groups is 7. The maximum Gasteiger partial charge on any atom is 0.429 e. The second kappa shape index (κ2) is 24.9. The summed E-state index contributed by atoms with van der Waals surface area (Å²) in [5, 5.41) is 51.3. The molecule has 10 N–H and O–H groups in total. The Hall–Kier alpha value is -5.54. The van der Waals surface area contributed by atoms with Gasteiger partial charge in [-0.25, -0.2) is 18.9 Å². The van der Waals surface area contributed by atoms with E-state index in [1.165, 1.54) is 39.8 Å². The molecular formula is C41H52N11O16PS5. The Morgan fingerprint density at radius 1 is 1.11 bits per heavy atom. The molecule has 0 unspecified atom stereocenters. The number of aryl methyl sites for hydroxylation is 1. The number of hydrogen-bond acceptors (Lipinski definition) is 21. The number of carbonyl (C=O) groups excluding carboxylic acids is 5. The first-order valence-corrected chi connectivity index (χ1v) is 27.8. The van der Waals surface area contributed by atoms with Crippen molar-refractivity contribution in [3.63, 3.8) is 0 Å². The molecule has 3 fully saturated rings. The summed E-state index contributed by atoms with van der Waals surface area (Å²) in [6, 6.07) is 2.15. The molecule has 0 saturated carbocycles. The van der Waals surface area contributed by atoms with Crippen molar-refractivity contribution in [3.8, 4) is 11.3 Å². The fraction of sp³-hybridized carbons (Fsp3) is 0.463. The van der Waals surface area contributed by atoms with Gasteiger partial charge >= 0.3 is 13.7 Å². The number of thioether (sulfide) groups is 3. The molecule has 4 amide bonds. The summed E-state index contributed by atoms with van der Waals surface area (Å²) < 4.78 is 17.6. The Morgan fingerprint density at radius 3 is 2.35 bits per heavy atom. The van der Waals surface area contributed by atoms with Gasteiger partial charge in [0.1, 0.15) is 30.8 Å². The van der Waals surface area contributed by atoms with Crippen molar-refractivity contribution in [1.29, 1.82) is 0 Å². The predicted octanol–water partition coefficient (Wildman–Crippen LogP) is -1.16. The van der Waals surface area contributed by atoms with Crippen LogP contribution < -0.4 is 25.4 Å². The number of nitrogens with one attached hydrogen (secondary N) is 3. The van der Waals surface area contributed by atoms with Crippen molar-refractivity contribution in [2.75, 3.05) is 38.1 Å². The minimum Gasteiger partial charge on any atom is -0.543 e. The third-order valence-electron chi connectivity index (χ3n) is 11.2. The number of likely N-dealkylation sites (N-methyl/N-ethyl adjacent to an activating group) is 1. The molecule has 5 aliphatic heterocycles. The molecule has 0 bridgehead atoms. The van der Waals surface area contributed by atoms with Crippen molar-refractivity contribution in [3.05, 3.63) is 56.9 Å². The minimum atomic E-state index is -4.68. The third-order valence-corrected chi connectivity index (χ3v) is 17.5. The van der Waals surface area contributed by atoms with E-state index in [1.54, 1.807) is 32.8 Å². The van der Waals surface area contributed by atoms with Gasteiger partial charge in [-0.3, -0.25) is 34.0 Å². The van der Waals surface area contributed by atoms with Gasteiger partial charge in [-0.15, -0.1) is 34.9 Å².